The van der Waals surface area contributed by atoms with Crippen LogP contribution in [0, 0.1) is 0 Å². The zero-order valence-electron chi connectivity index (χ0n) is 6.40. The second kappa shape index (κ2) is 13.6. The second-order valence-electron chi connectivity index (χ2n) is 1.57. The van der Waals surface area contributed by atoms with E-state index in [9.17, 15) is 19.8 Å². The number of carboxylic acid groups (broad SMARTS) is 2. The predicted octanol–water partition coefficient (Wildman–Crippen LogP) is 2.04. The molecular formula is C6H8Br6O4Sn. The van der Waals surface area contributed by atoms with Crippen molar-refractivity contribution in [1.29, 1.82) is 0 Å². The molecule has 0 aromatic heterocycles. The van der Waals surface area contributed by atoms with Crippen molar-refractivity contribution in [3.63, 3.8) is 0 Å². The average molecular weight is 742 g/mol. The minimum atomic E-state index is -1.26. The van der Waals surface area contributed by atoms with Gasteiger partial charge >= 0.3 is 23.9 Å². The molecule has 0 unspecified atom stereocenters. The van der Waals surface area contributed by atoms with E-state index in [0.717, 1.165) is 0 Å². The molecule has 0 spiro atoms. The van der Waals surface area contributed by atoms with E-state index < -0.39 is 16.2 Å². The summed E-state index contributed by atoms with van der Waals surface area (Å²) in [7, 11) is 0. The number of aliphatic carboxylic acids is 2. The van der Waals surface area contributed by atoms with Crippen LogP contribution in [0.2, 0.25) is 0 Å². The van der Waals surface area contributed by atoms with Crippen molar-refractivity contribution in [1.82, 2.24) is 0 Å². The fraction of sp³-hybridized carbons (Fsp3) is 0.667. The monoisotopic (exact) mass is 737 g/mol. The van der Waals surface area contributed by atoms with Gasteiger partial charge in [0, 0.05) is 0 Å². The van der Waals surface area contributed by atoms with Crippen LogP contribution in [-0.2, 0) is 9.59 Å². The maximum atomic E-state index is 9.77. The third-order valence-electron chi connectivity index (χ3n) is 0.463. The number of carboxylic acids is 2. The summed E-state index contributed by atoms with van der Waals surface area (Å²) in [5, 5.41) is 19.5. The molecule has 11 heteroatoms. The van der Waals surface area contributed by atoms with Crippen molar-refractivity contribution in [2.75, 3.05) is 0 Å². The fourth-order valence-corrected chi connectivity index (χ4v) is 0. The second-order valence-corrected chi connectivity index (χ2v) is 15.1. The third kappa shape index (κ3) is 24.1. The molecule has 0 atom stereocenters. The Morgan fingerprint density at radius 1 is 0.706 bits per heavy atom. The van der Waals surface area contributed by atoms with Gasteiger partial charge in [-0.05, 0) is 0 Å². The molecule has 0 fully saturated rings. The van der Waals surface area contributed by atoms with Crippen molar-refractivity contribution in [2.24, 2.45) is 0 Å². The summed E-state index contributed by atoms with van der Waals surface area (Å²) in [4.78, 5) is 19.5. The molecule has 0 aromatic carbocycles. The number of carbonyl (C=O) groups excluding carboxylic acids is 2. The maximum Gasteiger partial charge on any atom is 2.00 e. The Morgan fingerprint density at radius 2 is 0.765 bits per heavy atom. The molecule has 4 nitrogen and oxygen atoms in total. The summed E-state index contributed by atoms with van der Waals surface area (Å²) in [6.45, 7) is 0. The first-order valence-corrected chi connectivity index (χ1v) is 7.21. The molecule has 0 rings (SSSR count). The van der Waals surface area contributed by atoms with Crippen molar-refractivity contribution in [3.8, 4) is 0 Å². The number of rotatable bonds is 0. The van der Waals surface area contributed by atoms with Gasteiger partial charge in [-0.25, -0.2) is 0 Å². The van der Waals surface area contributed by atoms with Crippen molar-refractivity contribution in [3.05, 3.63) is 0 Å². The molecule has 0 heterocycles. The van der Waals surface area contributed by atoms with E-state index in [1.54, 1.807) is 0 Å². The van der Waals surface area contributed by atoms with Crippen LogP contribution in [0.1, 0.15) is 14.9 Å². The topological polar surface area (TPSA) is 80.3 Å². The van der Waals surface area contributed by atoms with Gasteiger partial charge < -0.3 is 19.8 Å². The number of carbonyl (C=O) groups is 2. The van der Waals surface area contributed by atoms with Gasteiger partial charge in [0.05, 0.1) is 11.9 Å². The van der Waals surface area contributed by atoms with Crippen LogP contribution in [-0.4, -0.2) is 40.1 Å². The van der Waals surface area contributed by atoms with E-state index in [2.05, 4.69) is 95.6 Å². The first kappa shape index (κ1) is 31.8. The van der Waals surface area contributed by atoms with E-state index in [-0.39, 0.29) is 38.8 Å². The van der Waals surface area contributed by atoms with Gasteiger partial charge in [0.25, 0.3) is 0 Å². The maximum absolute atomic E-state index is 9.77. The Balaban J connectivity index is -0.0000000480. The van der Waals surface area contributed by atoms with Gasteiger partial charge in [-0.3, -0.25) is 0 Å². The Morgan fingerprint density at radius 3 is 0.765 bits per heavy atom. The number of alkyl halides is 6. The van der Waals surface area contributed by atoms with E-state index in [4.69, 9.17) is 0 Å². The van der Waals surface area contributed by atoms with E-state index in [0.29, 0.717) is 0 Å². The fourth-order valence-electron chi connectivity index (χ4n) is 0. The molecule has 0 saturated heterocycles. The van der Waals surface area contributed by atoms with Crippen molar-refractivity contribution >= 4 is 131 Å². The van der Waals surface area contributed by atoms with Crippen LogP contribution in [0.3, 0.4) is 0 Å². The minimum absolute atomic E-state index is 0. The van der Waals surface area contributed by atoms with Gasteiger partial charge in [-0.1, -0.05) is 110 Å². The summed E-state index contributed by atoms with van der Waals surface area (Å²) in [5.74, 6) is -2.51. The molecule has 0 aliphatic rings. The average Bonchev–Trinajstić information content (AvgIpc) is 1.83. The summed E-state index contributed by atoms with van der Waals surface area (Å²) < 4.78 is -2.51. The number of hydrogen-bond donors (Lipinski definition) is 0. The molecule has 0 aliphatic carbocycles. The smallest absolute Gasteiger partial charge is 0.547 e. The Hall–Kier alpha value is 2.62. The Kier molecular flexibility index (Phi) is 25.4. The van der Waals surface area contributed by atoms with Crippen LogP contribution >= 0.6 is 95.6 Å². The molecule has 0 N–H and O–H groups in total. The molecule has 0 aliphatic heterocycles. The first-order chi connectivity index (χ1) is 5.89. The third-order valence-corrected chi connectivity index (χ3v) is 2.41. The zero-order chi connectivity index (χ0) is 12.2. The Bertz CT molecular complexity index is 200. The van der Waals surface area contributed by atoms with Gasteiger partial charge in [0.1, 0.15) is 0 Å². The van der Waals surface area contributed by atoms with Crippen molar-refractivity contribution in [2.45, 2.75) is 19.1 Å². The Labute approximate surface area is 168 Å². The molecule has 0 saturated carbocycles. The number of hydrogen-bond acceptors (Lipinski definition) is 4. The zero-order valence-corrected chi connectivity index (χ0v) is 18.8. The van der Waals surface area contributed by atoms with E-state index in [1.165, 1.54) is 0 Å². The summed E-state index contributed by atoms with van der Waals surface area (Å²) in [5.41, 5.74) is 0. The normalized spacial score (nSPS) is 9.29. The van der Waals surface area contributed by atoms with E-state index >= 15 is 0 Å². The predicted molar refractivity (Wildman–Crippen MR) is 88.3 cm³/mol. The van der Waals surface area contributed by atoms with Crippen LogP contribution < -0.4 is 10.2 Å². The summed E-state index contributed by atoms with van der Waals surface area (Å²) >= 11 is 16.3. The van der Waals surface area contributed by atoms with Crippen molar-refractivity contribution < 1.29 is 19.8 Å². The summed E-state index contributed by atoms with van der Waals surface area (Å²) in [6, 6.07) is 0. The van der Waals surface area contributed by atoms with Crippen LogP contribution in [0.15, 0.2) is 0 Å². The molecule has 0 amide bonds. The first-order valence-electron chi connectivity index (χ1n) is 2.45. The minimum Gasteiger partial charge on any atom is -0.547 e. The number of halogens is 6. The van der Waals surface area contributed by atoms with Gasteiger partial charge in [0.2, 0.25) is 0 Å². The molecule has 0 bridgehead atoms. The van der Waals surface area contributed by atoms with Gasteiger partial charge in [-0.15, -0.1) is 0 Å². The van der Waals surface area contributed by atoms with Crippen LogP contribution in [0.4, 0.5) is 0 Å². The summed E-state index contributed by atoms with van der Waals surface area (Å²) in [6.07, 6.45) is 0. The molecule has 17 heavy (non-hydrogen) atoms. The van der Waals surface area contributed by atoms with Crippen LogP contribution in [0.25, 0.3) is 0 Å². The molecular weight excluding hydrogens is 734 g/mol. The largest absolute Gasteiger partial charge is 2.00 e. The standard InChI is InChI=1S/2C2HBr3O2.2CH4.Sn/c2*3-2(4,5)1(6)7;;;/h2*(H,6,7);2*1H4;/q;;;;+2/p-2. The van der Waals surface area contributed by atoms with E-state index in [1.807, 2.05) is 0 Å². The SMILES string of the molecule is C.C.O=C([O-])C(Br)(Br)Br.O=C([O-])C(Br)(Br)Br.[Sn+2]. The molecule has 102 valence electrons. The van der Waals surface area contributed by atoms with Crippen LogP contribution in [0.5, 0.6) is 0 Å². The van der Waals surface area contributed by atoms with Gasteiger partial charge in [0.15, 0.2) is 4.29 Å². The quantitative estimate of drug-likeness (QED) is 0.282. The molecule has 2 radical (unpaired) electrons. The van der Waals surface area contributed by atoms with Gasteiger partial charge in [-0.2, -0.15) is 0 Å². The molecule has 0 aromatic rings.